The molecule has 2 saturated carbocycles. The van der Waals surface area contributed by atoms with Gasteiger partial charge in [-0.05, 0) is 69.6 Å². The fourth-order valence-corrected chi connectivity index (χ4v) is 7.77. The Kier molecular flexibility index (Phi) is 9.45. The van der Waals surface area contributed by atoms with Crippen molar-refractivity contribution in [2.45, 2.75) is 96.4 Å². The molecule has 2 aliphatic carbocycles. The van der Waals surface area contributed by atoms with Crippen LogP contribution < -0.4 is 14.8 Å². The number of nitrogens with one attached hydrogen (secondary N) is 1. The van der Waals surface area contributed by atoms with E-state index in [9.17, 15) is 4.79 Å². The van der Waals surface area contributed by atoms with E-state index in [0.717, 1.165) is 72.7 Å². The van der Waals surface area contributed by atoms with Crippen LogP contribution in [-0.2, 0) is 20.8 Å². The summed E-state index contributed by atoms with van der Waals surface area (Å²) in [5.41, 5.74) is 1.87. The average molecular weight is 636 g/mol. The number of hydrogen-bond donors (Lipinski definition) is 2. The standard InChI is InChI=1S/C35H49N5O6/c1-21(2)18-39(25-13-22(14-25)7-10-30(41)42)19-24-15-28(32-31(24)45-35(3,4)46-32)40-12-11-27-33(37-20-38-34(27)40)36-17-23-8-9-26(43-5)16-29(23)44-6/h8-9,11-12,16,20-22,24-25,28,31-32H,7,10,13-15,17-19H2,1-6H3,(H,41,42)(H,36,37,38). The maximum Gasteiger partial charge on any atom is 0.303 e. The maximum absolute atomic E-state index is 11.1. The Labute approximate surface area is 271 Å². The predicted molar refractivity (Wildman–Crippen MR) is 175 cm³/mol. The number of carboxylic acids is 1. The Morgan fingerprint density at radius 2 is 1.91 bits per heavy atom. The van der Waals surface area contributed by atoms with Gasteiger partial charge in [0, 0.05) is 55.8 Å². The van der Waals surface area contributed by atoms with Gasteiger partial charge in [0.25, 0.3) is 0 Å². The van der Waals surface area contributed by atoms with Gasteiger partial charge in [-0.15, -0.1) is 0 Å². The molecular formula is C35H49N5O6. The number of aliphatic carboxylic acids is 1. The van der Waals surface area contributed by atoms with E-state index < -0.39 is 11.8 Å². The molecule has 4 unspecified atom stereocenters. The molecule has 2 aromatic heterocycles. The Hall–Kier alpha value is -3.41. The molecule has 0 spiro atoms. The summed E-state index contributed by atoms with van der Waals surface area (Å²) < 4.78 is 26.4. The van der Waals surface area contributed by atoms with E-state index in [-0.39, 0.29) is 24.7 Å². The SMILES string of the molecule is COc1ccc(CNc2ncnc3c2ccn3C2CC(CN(CC(C)C)C3CC(CCC(=O)O)C3)C3OC(C)(C)OC32)c(OC)c1. The number of methoxy groups -OCH3 is 2. The summed E-state index contributed by atoms with van der Waals surface area (Å²) in [4.78, 5) is 23.1. The molecule has 1 saturated heterocycles. The molecule has 0 radical (unpaired) electrons. The van der Waals surface area contributed by atoms with E-state index in [4.69, 9.17) is 29.0 Å². The van der Waals surface area contributed by atoms with Crippen LogP contribution in [0.2, 0.25) is 0 Å². The zero-order valence-corrected chi connectivity index (χ0v) is 27.9. The minimum atomic E-state index is -0.699. The summed E-state index contributed by atoms with van der Waals surface area (Å²) >= 11 is 0. The molecule has 6 rings (SSSR count). The number of hydrogen-bond acceptors (Lipinski definition) is 9. The molecule has 2 N–H and O–H groups in total. The van der Waals surface area contributed by atoms with Gasteiger partial charge in [-0.1, -0.05) is 13.8 Å². The second kappa shape index (κ2) is 13.4. The lowest BCUT2D eigenvalue weighted by Crippen LogP contribution is -2.49. The zero-order valence-electron chi connectivity index (χ0n) is 27.9. The van der Waals surface area contributed by atoms with Crippen molar-refractivity contribution in [3.05, 3.63) is 42.4 Å². The number of ether oxygens (including phenoxy) is 4. The first-order valence-corrected chi connectivity index (χ1v) is 16.6. The number of benzene rings is 1. The molecule has 3 heterocycles. The normalized spacial score (nSPS) is 26.8. The molecule has 0 bridgehead atoms. The highest BCUT2D eigenvalue weighted by atomic mass is 16.8. The Morgan fingerprint density at radius 1 is 1.13 bits per heavy atom. The van der Waals surface area contributed by atoms with Gasteiger partial charge in [0.1, 0.15) is 35.4 Å². The van der Waals surface area contributed by atoms with Crippen LogP contribution in [0, 0.1) is 17.8 Å². The number of aromatic nitrogens is 3. The lowest BCUT2D eigenvalue weighted by Gasteiger charge is -2.45. The van der Waals surface area contributed by atoms with Gasteiger partial charge in [0.15, 0.2) is 5.79 Å². The van der Waals surface area contributed by atoms with Crippen molar-refractivity contribution >= 4 is 22.8 Å². The van der Waals surface area contributed by atoms with Gasteiger partial charge in [0.2, 0.25) is 0 Å². The number of carbonyl (C=O) groups is 1. The Morgan fingerprint density at radius 3 is 2.63 bits per heavy atom. The summed E-state index contributed by atoms with van der Waals surface area (Å²) in [6.45, 7) is 11.1. The van der Waals surface area contributed by atoms with Crippen LogP contribution in [0.25, 0.3) is 11.0 Å². The smallest absolute Gasteiger partial charge is 0.303 e. The number of rotatable bonds is 14. The average Bonchev–Trinajstić information content (AvgIpc) is 3.65. The van der Waals surface area contributed by atoms with E-state index >= 15 is 0 Å². The van der Waals surface area contributed by atoms with Crippen molar-refractivity contribution < 1.29 is 28.8 Å². The highest BCUT2D eigenvalue weighted by Gasteiger charge is 2.55. The first-order valence-electron chi connectivity index (χ1n) is 16.6. The highest BCUT2D eigenvalue weighted by Crippen LogP contribution is 2.49. The van der Waals surface area contributed by atoms with Crippen LogP contribution >= 0.6 is 0 Å². The molecule has 3 aromatic rings. The predicted octanol–water partition coefficient (Wildman–Crippen LogP) is 5.74. The number of anilines is 1. The van der Waals surface area contributed by atoms with Gasteiger partial charge < -0.3 is 33.9 Å². The third-order valence-corrected chi connectivity index (χ3v) is 9.92. The summed E-state index contributed by atoms with van der Waals surface area (Å²) in [6.07, 6.45) is 7.74. The second-order valence-corrected chi connectivity index (χ2v) is 14.1. The van der Waals surface area contributed by atoms with Crippen LogP contribution in [0.4, 0.5) is 5.82 Å². The Bertz CT molecular complexity index is 1520. The van der Waals surface area contributed by atoms with Gasteiger partial charge in [0.05, 0.1) is 31.8 Å². The fraction of sp³-hybridized carbons (Fsp3) is 0.629. The molecule has 0 amide bonds. The molecule has 1 aliphatic heterocycles. The second-order valence-electron chi connectivity index (χ2n) is 14.1. The molecule has 4 atom stereocenters. The van der Waals surface area contributed by atoms with E-state index in [1.54, 1.807) is 20.5 Å². The molecule has 46 heavy (non-hydrogen) atoms. The summed E-state index contributed by atoms with van der Waals surface area (Å²) in [5.74, 6) is 2.25. The summed E-state index contributed by atoms with van der Waals surface area (Å²) in [5, 5.41) is 13.6. The number of carboxylic acid groups (broad SMARTS) is 1. The van der Waals surface area contributed by atoms with Gasteiger partial charge in [-0.3, -0.25) is 9.69 Å². The third-order valence-electron chi connectivity index (χ3n) is 9.92. The largest absolute Gasteiger partial charge is 0.497 e. The van der Waals surface area contributed by atoms with Gasteiger partial charge in [-0.25, -0.2) is 9.97 Å². The molecule has 11 nitrogen and oxygen atoms in total. The first kappa shape index (κ1) is 32.5. The molecule has 250 valence electrons. The lowest BCUT2D eigenvalue weighted by atomic mass is 9.76. The van der Waals surface area contributed by atoms with E-state index in [1.165, 1.54) is 0 Å². The lowest BCUT2D eigenvalue weighted by molar-refractivity contribution is -0.161. The highest BCUT2D eigenvalue weighted by molar-refractivity contribution is 5.87. The van der Waals surface area contributed by atoms with Crippen molar-refractivity contribution in [2.75, 3.05) is 32.6 Å². The fourth-order valence-electron chi connectivity index (χ4n) is 7.77. The third kappa shape index (κ3) is 6.82. The quantitative estimate of drug-likeness (QED) is 0.227. The van der Waals surface area contributed by atoms with Crippen LogP contribution in [0.5, 0.6) is 11.5 Å². The maximum atomic E-state index is 11.1. The van der Waals surface area contributed by atoms with Crippen molar-refractivity contribution in [3.63, 3.8) is 0 Å². The van der Waals surface area contributed by atoms with Crippen molar-refractivity contribution in [1.82, 2.24) is 19.4 Å². The van der Waals surface area contributed by atoms with Crippen LogP contribution in [0.1, 0.15) is 71.4 Å². The monoisotopic (exact) mass is 635 g/mol. The molecule has 3 fully saturated rings. The van der Waals surface area contributed by atoms with Crippen LogP contribution in [-0.4, -0.2) is 81.9 Å². The van der Waals surface area contributed by atoms with Crippen LogP contribution in [0.3, 0.4) is 0 Å². The van der Waals surface area contributed by atoms with E-state index in [1.807, 2.05) is 32.0 Å². The number of fused-ring (bicyclic) bond motifs is 2. The van der Waals surface area contributed by atoms with E-state index in [2.05, 4.69) is 45.9 Å². The molecular weight excluding hydrogens is 586 g/mol. The molecule has 11 heteroatoms. The summed E-state index contributed by atoms with van der Waals surface area (Å²) in [7, 11) is 3.30. The minimum absolute atomic E-state index is 0.0167. The number of nitrogens with zero attached hydrogens (tertiary/aromatic N) is 4. The minimum Gasteiger partial charge on any atom is -0.497 e. The van der Waals surface area contributed by atoms with Crippen molar-refractivity contribution in [2.24, 2.45) is 17.8 Å². The van der Waals surface area contributed by atoms with Crippen molar-refractivity contribution in [1.29, 1.82) is 0 Å². The summed E-state index contributed by atoms with van der Waals surface area (Å²) in [6, 6.07) is 8.45. The van der Waals surface area contributed by atoms with Gasteiger partial charge in [-0.2, -0.15) is 0 Å². The van der Waals surface area contributed by atoms with E-state index in [0.29, 0.717) is 30.3 Å². The zero-order chi connectivity index (χ0) is 32.6. The Balaban J connectivity index is 1.20. The van der Waals surface area contributed by atoms with Gasteiger partial charge >= 0.3 is 5.97 Å². The van der Waals surface area contributed by atoms with Crippen LogP contribution in [0.15, 0.2) is 36.8 Å². The topological polar surface area (TPSA) is 120 Å². The molecule has 3 aliphatic rings. The molecule has 1 aromatic carbocycles. The first-order chi connectivity index (χ1) is 22.0. The van der Waals surface area contributed by atoms with Crippen molar-refractivity contribution in [3.8, 4) is 11.5 Å².